The molecule has 0 saturated heterocycles. The Balaban J connectivity index is 1.95. The number of aromatic amines is 1. The van der Waals surface area contributed by atoms with E-state index < -0.39 is 17.9 Å². The van der Waals surface area contributed by atoms with Gasteiger partial charge in [0.1, 0.15) is 5.71 Å². The zero-order valence-electron chi connectivity index (χ0n) is 11.2. The topological polar surface area (TPSA) is 107 Å². The molecular weight excluding hydrogens is 308 g/mol. The highest BCUT2D eigenvalue weighted by Gasteiger charge is 2.29. The number of nitrogens with one attached hydrogen (secondary N) is 2. The number of fused-ring (bicyclic) bond motifs is 1. The predicted molar refractivity (Wildman–Crippen MR) is 80.3 cm³/mol. The molecule has 112 valence electrons. The van der Waals surface area contributed by atoms with E-state index in [9.17, 15) is 14.7 Å². The number of hydrogen-bond donors (Lipinski definition) is 3. The Bertz CT molecular complexity index is 770. The van der Waals surface area contributed by atoms with Crippen molar-refractivity contribution in [3.05, 3.63) is 47.0 Å². The van der Waals surface area contributed by atoms with Crippen molar-refractivity contribution in [2.75, 3.05) is 5.32 Å². The van der Waals surface area contributed by atoms with Gasteiger partial charge in [-0.25, -0.2) is 9.78 Å². The van der Waals surface area contributed by atoms with Crippen LogP contribution in [0.25, 0.3) is 0 Å². The van der Waals surface area contributed by atoms with Crippen LogP contribution in [0.5, 0.6) is 0 Å². The van der Waals surface area contributed by atoms with Crippen molar-refractivity contribution in [1.29, 1.82) is 0 Å². The first kappa shape index (κ1) is 14.3. The molecule has 7 nitrogen and oxygen atoms in total. The van der Waals surface area contributed by atoms with E-state index >= 15 is 0 Å². The van der Waals surface area contributed by atoms with E-state index in [1.165, 1.54) is 12.5 Å². The molecule has 0 aliphatic carbocycles. The van der Waals surface area contributed by atoms with Crippen LogP contribution in [0.1, 0.15) is 11.3 Å². The third kappa shape index (κ3) is 2.71. The summed E-state index contributed by atoms with van der Waals surface area (Å²) in [4.78, 5) is 34.2. The fraction of sp³-hybridized carbons (Fsp3) is 0.143. The molecule has 1 aromatic heterocycles. The van der Waals surface area contributed by atoms with Gasteiger partial charge in [-0.3, -0.25) is 9.79 Å². The number of rotatable bonds is 4. The summed E-state index contributed by atoms with van der Waals surface area (Å²) in [6.45, 7) is 0. The summed E-state index contributed by atoms with van der Waals surface area (Å²) >= 11 is 5.87. The van der Waals surface area contributed by atoms with Crippen LogP contribution in [-0.4, -0.2) is 38.7 Å². The highest BCUT2D eigenvalue weighted by molar-refractivity contribution is 6.54. The number of nitrogens with zero attached hydrogens (tertiary/aromatic N) is 2. The molecule has 0 bridgehead atoms. The van der Waals surface area contributed by atoms with E-state index in [1.807, 2.05) is 0 Å². The maximum atomic E-state index is 12.0. The Hall–Kier alpha value is -2.67. The predicted octanol–water partition coefficient (Wildman–Crippen LogP) is 1.50. The molecule has 0 spiro atoms. The summed E-state index contributed by atoms with van der Waals surface area (Å²) in [5.41, 5.74) is 1.80. The number of carboxylic acid groups (broad SMARTS) is 1. The number of aliphatic imine (C=N–C) groups is 1. The first-order valence-corrected chi connectivity index (χ1v) is 6.81. The number of carbonyl (C=O) groups excluding carboxylic acids is 1. The van der Waals surface area contributed by atoms with Gasteiger partial charge in [0.25, 0.3) is 5.91 Å². The molecule has 3 rings (SSSR count). The fourth-order valence-corrected chi connectivity index (χ4v) is 2.38. The van der Waals surface area contributed by atoms with Crippen molar-refractivity contribution in [1.82, 2.24) is 9.97 Å². The van der Waals surface area contributed by atoms with Crippen molar-refractivity contribution >= 4 is 34.9 Å². The lowest BCUT2D eigenvalue weighted by Crippen LogP contribution is -2.25. The molecular formula is C14H11ClN4O3. The number of aliphatic carboxylic acids is 1. The highest BCUT2D eigenvalue weighted by atomic mass is 35.5. The Kier molecular flexibility index (Phi) is 3.64. The molecule has 22 heavy (non-hydrogen) atoms. The smallest absolute Gasteiger partial charge is 0.328 e. The van der Waals surface area contributed by atoms with Crippen LogP contribution in [-0.2, 0) is 16.0 Å². The molecule has 8 heteroatoms. The molecule has 1 aromatic carbocycles. The van der Waals surface area contributed by atoms with Crippen molar-refractivity contribution in [3.63, 3.8) is 0 Å². The quantitative estimate of drug-likeness (QED) is 0.794. The summed E-state index contributed by atoms with van der Waals surface area (Å²) in [6.07, 6.45) is 3.11. The molecule has 3 N–H and O–H groups in total. The van der Waals surface area contributed by atoms with Crippen LogP contribution in [0.4, 0.5) is 5.69 Å². The fourth-order valence-electron chi connectivity index (χ4n) is 2.21. The van der Waals surface area contributed by atoms with Crippen LogP contribution in [0, 0.1) is 0 Å². The average molecular weight is 319 g/mol. The zero-order valence-corrected chi connectivity index (χ0v) is 12.0. The number of imidazole rings is 1. The molecule has 2 heterocycles. The molecule has 0 saturated carbocycles. The number of carboxylic acids is 1. The number of hydrogen-bond acceptors (Lipinski definition) is 4. The number of benzene rings is 1. The van der Waals surface area contributed by atoms with E-state index in [0.717, 1.165) is 0 Å². The second-order valence-electron chi connectivity index (χ2n) is 4.76. The van der Waals surface area contributed by atoms with Crippen molar-refractivity contribution < 1.29 is 14.7 Å². The monoisotopic (exact) mass is 318 g/mol. The SMILES string of the molecule is O=C1Nc2cc(Cl)ccc2C1=N[C@@H](Cc1cnc[nH]1)C(=O)O. The summed E-state index contributed by atoms with van der Waals surface area (Å²) < 4.78 is 0. The Morgan fingerprint density at radius 3 is 2.95 bits per heavy atom. The van der Waals surface area contributed by atoms with Crippen LogP contribution >= 0.6 is 11.6 Å². The minimum Gasteiger partial charge on any atom is -0.480 e. The zero-order chi connectivity index (χ0) is 15.7. The molecule has 1 aliphatic rings. The lowest BCUT2D eigenvalue weighted by atomic mass is 10.1. The van der Waals surface area contributed by atoms with Crippen molar-refractivity contribution in [2.45, 2.75) is 12.5 Å². The van der Waals surface area contributed by atoms with Crippen LogP contribution < -0.4 is 5.32 Å². The van der Waals surface area contributed by atoms with Gasteiger partial charge in [-0.05, 0) is 18.2 Å². The van der Waals surface area contributed by atoms with Crippen molar-refractivity contribution in [2.24, 2.45) is 4.99 Å². The lowest BCUT2D eigenvalue weighted by molar-refractivity contribution is -0.138. The second-order valence-corrected chi connectivity index (χ2v) is 5.19. The molecule has 1 atom stereocenters. The third-order valence-electron chi connectivity index (χ3n) is 3.24. The number of carbonyl (C=O) groups is 2. The molecule has 0 fully saturated rings. The van der Waals surface area contributed by atoms with Crippen LogP contribution in [0.2, 0.25) is 5.02 Å². The van der Waals surface area contributed by atoms with Gasteiger partial charge in [-0.15, -0.1) is 0 Å². The van der Waals surface area contributed by atoms with E-state index in [4.69, 9.17) is 11.6 Å². The summed E-state index contributed by atoms with van der Waals surface area (Å²) in [5, 5.41) is 12.4. The minimum absolute atomic E-state index is 0.0959. The number of H-pyrrole nitrogens is 1. The molecule has 1 aliphatic heterocycles. The van der Waals surface area contributed by atoms with Gasteiger partial charge in [-0.2, -0.15) is 0 Å². The average Bonchev–Trinajstić information content (AvgIpc) is 3.06. The molecule has 2 aromatic rings. The molecule has 1 amide bonds. The Morgan fingerprint density at radius 1 is 1.45 bits per heavy atom. The molecule has 0 unspecified atom stereocenters. The van der Waals surface area contributed by atoms with Gasteiger partial charge in [0.2, 0.25) is 0 Å². The van der Waals surface area contributed by atoms with Gasteiger partial charge in [0, 0.05) is 28.9 Å². The van der Waals surface area contributed by atoms with E-state index in [0.29, 0.717) is 22.0 Å². The van der Waals surface area contributed by atoms with Gasteiger partial charge in [-0.1, -0.05) is 11.6 Å². The lowest BCUT2D eigenvalue weighted by Gasteiger charge is -2.07. The number of anilines is 1. The third-order valence-corrected chi connectivity index (χ3v) is 3.47. The van der Waals surface area contributed by atoms with Gasteiger partial charge >= 0.3 is 5.97 Å². The van der Waals surface area contributed by atoms with Gasteiger partial charge in [0.15, 0.2) is 6.04 Å². The maximum absolute atomic E-state index is 12.0. The number of aromatic nitrogens is 2. The van der Waals surface area contributed by atoms with Gasteiger partial charge < -0.3 is 15.4 Å². The van der Waals surface area contributed by atoms with E-state index in [-0.39, 0.29) is 12.1 Å². The largest absolute Gasteiger partial charge is 0.480 e. The Labute approximate surface area is 130 Å². The minimum atomic E-state index is -1.11. The van der Waals surface area contributed by atoms with Crippen LogP contribution in [0.3, 0.4) is 0 Å². The first-order valence-electron chi connectivity index (χ1n) is 6.43. The summed E-state index contributed by atoms with van der Waals surface area (Å²) in [5.74, 6) is -1.55. The molecule has 0 radical (unpaired) electrons. The Morgan fingerprint density at radius 2 is 2.27 bits per heavy atom. The normalized spacial score (nSPS) is 16.4. The summed E-state index contributed by atoms with van der Waals surface area (Å²) in [7, 11) is 0. The van der Waals surface area contributed by atoms with Crippen LogP contribution in [0.15, 0.2) is 35.7 Å². The maximum Gasteiger partial charge on any atom is 0.328 e. The van der Waals surface area contributed by atoms with E-state index in [1.54, 1.807) is 18.2 Å². The first-order chi connectivity index (χ1) is 10.5. The van der Waals surface area contributed by atoms with Crippen molar-refractivity contribution in [3.8, 4) is 0 Å². The highest BCUT2D eigenvalue weighted by Crippen LogP contribution is 2.27. The summed E-state index contributed by atoms with van der Waals surface area (Å²) in [6, 6.07) is 3.79. The number of halogens is 1. The standard InChI is InChI=1S/C14H11ClN4O3/c15-7-1-2-9-10(3-7)19-13(20)12(9)18-11(14(21)22)4-8-5-16-6-17-8/h1-3,5-6,11H,4H2,(H,16,17)(H,21,22)(H,18,19,20)/t11-/m0/s1. The second kappa shape index (κ2) is 5.61. The van der Waals surface area contributed by atoms with E-state index in [2.05, 4.69) is 20.3 Å². The number of amides is 1. The van der Waals surface area contributed by atoms with Gasteiger partial charge in [0.05, 0.1) is 12.0 Å².